The van der Waals surface area contributed by atoms with E-state index in [-0.39, 0.29) is 12.1 Å². The smallest absolute Gasteiger partial charge is 0.318 e. The van der Waals surface area contributed by atoms with E-state index in [0.717, 1.165) is 30.8 Å². The molecule has 3 rings (SSSR count). The third-order valence-electron chi connectivity index (χ3n) is 4.88. The molecule has 1 N–H and O–H groups in total. The van der Waals surface area contributed by atoms with Crippen LogP contribution in [0.3, 0.4) is 0 Å². The zero-order valence-electron chi connectivity index (χ0n) is 15.5. The van der Waals surface area contributed by atoms with Gasteiger partial charge in [-0.05, 0) is 23.7 Å². The Bertz CT molecular complexity index is 720. The summed E-state index contributed by atoms with van der Waals surface area (Å²) >= 11 is 0. The molecule has 26 heavy (non-hydrogen) atoms. The van der Waals surface area contributed by atoms with Gasteiger partial charge in [-0.25, -0.2) is 4.79 Å². The second-order valence-electron chi connectivity index (χ2n) is 6.74. The Morgan fingerprint density at radius 3 is 2.50 bits per heavy atom. The fourth-order valence-electron chi connectivity index (χ4n) is 3.42. The summed E-state index contributed by atoms with van der Waals surface area (Å²) in [5.74, 6) is 0. The Balaban J connectivity index is 1.70. The molecule has 1 fully saturated rings. The van der Waals surface area contributed by atoms with Crippen molar-refractivity contribution in [2.75, 3.05) is 33.8 Å². The second kappa shape index (κ2) is 8.83. The number of methoxy groups -OCH3 is 1. The highest BCUT2D eigenvalue weighted by atomic mass is 16.5. The van der Waals surface area contributed by atoms with Crippen molar-refractivity contribution in [2.24, 2.45) is 0 Å². The van der Waals surface area contributed by atoms with Crippen molar-refractivity contribution < 1.29 is 9.53 Å². The van der Waals surface area contributed by atoms with Gasteiger partial charge in [0.1, 0.15) is 0 Å². The van der Waals surface area contributed by atoms with E-state index in [2.05, 4.69) is 29.4 Å². The van der Waals surface area contributed by atoms with E-state index in [9.17, 15) is 4.79 Å². The maximum Gasteiger partial charge on any atom is 0.318 e. The van der Waals surface area contributed by atoms with Crippen LogP contribution >= 0.6 is 0 Å². The van der Waals surface area contributed by atoms with E-state index < -0.39 is 0 Å². The predicted molar refractivity (Wildman–Crippen MR) is 103 cm³/mol. The maximum absolute atomic E-state index is 12.9. The lowest BCUT2D eigenvalue weighted by Crippen LogP contribution is -2.52. The van der Waals surface area contributed by atoms with Crippen molar-refractivity contribution in [3.8, 4) is 0 Å². The van der Waals surface area contributed by atoms with Crippen LogP contribution in [0.2, 0.25) is 0 Å². The Morgan fingerprint density at radius 1 is 1.08 bits per heavy atom. The van der Waals surface area contributed by atoms with Crippen molar-refractivity contribution in [2.45, 2.75) is 19.2 Å². The van der Waals surface area contributed by atoms with E-state index in [4.69, 9.17) is 4.74 Å². The molecule has 0 spiro atoms. The summed E-state index contributed by atoms with van der Waals surface area (Å²) < 4.78 is 5.25. The number of nitrogens with zero attached hydrogens (tertiary/aromatic N) is 2. The first-order valence-electron chi connectivity index (χ1n) is 9.02. The summed E-state index contributed by atoms with van der Waals surface area (Å²) in [5, 5.41) is 3.09. The zero-order chi connectivity index (χ0) is 18.4. The van der Waals surface area contributed by atoms with Crippen LogP contribution in [0, 0.1) is 0 Å². The van der Waals surface area contributed by atoms with Crippen LogP contribution in [0.15, 0.2) is 54.6 Å². The molecule has 1 saturated heterocycles. The number of carbonyl (C=O) groups excluding carboxylic acids is 1. The van der Waals surface area contributed by atoms with Crippen LogP contribution in [0.25, 0.3) is 0 Å². The number of rotatable bonds is 5. The molecule has 2 aromatic rings. The molecule has 1 aliphatic heterocycles. The van der Waals surface area contributed by atoms with Crippen LogP contribution < -0.4 is 5.32 Å². The summed E-state index contributed by atoms with van der Waals surface area (Å²) in [6, 6.07) is 18.4. The first-order chi connectivity index (χ1) is 12.7. The minimum Gasteiger partial charge on any atom is -0.380 e. The lowest BCUT2D eigenvalue weighted by Gasteiger charge is -2.40. The van der Waals surface area contributed by atoms with Gasteiger partial charge in [-0.3, -0.25) is 0 Å². The molecule has 0 aromatic heterocycles. The molecule has 5 nitrogen and oxygen atoms in total. The number of carbonyl (C=O) groups is 1. The minimum atomic E-state index is -0.0147. The molecular formula is C21H27N3O2. The van der Waals surface area contributed by atoms with E-state index in [1.54, 1.807) is 7.11 Å². The summed E-state index contributed by atoms with van der Waals surface area (Å²) in [5.41, 5.74) is 3.37. The highest BCUT2D eigenvalue weighted by Crippen LogP contribution is 2.25. The molecule has 0 saturated carbocycles. The monoisotopic (exact) mass is 353 g/mol. The molecule has 2 aromatic carbocycles. The number of amides is 2. The molecule has 0 bridgehead atoms. The molecule has 1 aliphatic rings. The number of nitrogens with one attached hydrogen (secondary N) is 1. The van der Waals surface area contributed by atoms with Crippen molar-refractivity contribution in [1.82, 2.24) is 15.1 Å². The Hall–Kier alpha value is -2.37. The SMILES string of the molecule is COCc1ccccc1CNC(=O)N1CCN(C)CC1c1ccccc1. The molecule has 5 heteroatoms. The molecule has 138 valence electrons. The van der Waals surface area contributed by atoms with Gasteiger partial charge in [-0.2, -0.15) is 0 Å². The lowest BCUT2D eigenvalue weighted by molar-refractivity contribution is 0.108. The molecule has 1 unspecified atom stereocenters. The number of benzene rings is 2. The van der Waals surface area contributed by atoms with Gasteiger partial charge in [0, 0.05) is 33.3 Å². The standard InChI is InChI=1S/C21H27N3O2/c1-23-12-13-24(20(15-23)17-8-4-3-5-9-17)21(25)22-14-18-10-6-7-11-19(18)16-26-2/h3-11,20H,12-16H2,1-2H3,(H,22,25). The minimum absolute atomic E-state index is 0.0147. The topological polar surface area (TPSA) is 44.8 Å². The second-order valence-corrected chi connectivity index (χ2v) is 6.74. The quantitative estimate of drug-likeness (QED) is 0.899. The maximum atomic E-state index is 12.9. The van der Waals surface area contributed by atoms with Gasteiger partial charge in [0.25, 0.3) is 0 Å². The van der Waals surface area contributed by atoms with E-state index in [1.807, 2.05) is 47.4 Å². The molecule has 1 heterocycles. The van der Waals surface area contributed by atoms with E-state index >= 15 is 0 Å². The number of hydrogen-bond acceptors (Lipinski definition) is 3. The van der Waals surface area contributed by atoms with Gasteiger partial charge in [0.15, 0.2) is 0 Å². The van der Waals surface area contributed by atoms with Gasteiger partial charge in [0.2, 0.25) is 0 Å². The Morgan fingerprint density at radius 2 is 1.77 bits per heavy atom. The zero-order valence-corrected chi connectivity index (χ0v) is 15.5. The van der Waals surface area contributed by atoms with Crippen molar-refractivity contribution in [1.29, 1.82) is 0 Å². The Kier molecular flexibility index (Phi) is 6.26. The molecule has 2 amide bonds. The van der Waals surface area contributed by atoms with Crippen LogP contribution in [-0.4, -0.2) is 49.6 Å². The molecule has 0 radical (unpaired) electrons. The molecule has 1 atom stereocenters. The normalized spacial score (nSPS) is 17.9. The summed E-state index contributed by atoms with van der Waals surface area (Å²) in [4.78, 5) is 17.1. The number of ether oxygens (including phenoxy) is 1. The predicted octanol–water partition coefficient (Wildman–Crippen LogP) is 3.03. The fourth-order valence-corrected chi connectivity index (χ4v) is 3.42. The highest BCUT2D eigenvalue weighted by Gasteiger charge is 2.30. The average molecular weight is 353 g/mol. The van der Waals surface area contributed by atoms with Crippen molar-refractivity contribution >= 4 is 6.03 Å². The summed E-state index contributed by atoms with van der Waals surface area (Å²) in [6.45, 7) is 3.51. The van der Waals surface area contributed by atoms with Crippen LogP contribution in [0.1, 0.15) is 22.7 Å². The summed E-state index contributed by atoms with van der Waals surface area (Å²) in [6.07, 6.45) is 0. The lowest BCUT2D eigenvalue weighted by atomic mass is 10.0. The fraction of sp³-hybridized carbons (Fsp3) is 0.381. The molecule has 0 aliphatic carbocycles. The van der Waals surface area contributed by atoms with E-state index in [0.29, 0.717) is 13.2 Å². The third kappa shape index (κ3) is 4.42. The van der Waals surface area contributed by atoms with Crippen molar-refractivity contribution in [3.05, 3.63) is 71.3 Å². The summed E-state index contributed by atoms with van der Waals surface area (Å²) in [7, 11) is 3.79. The van der Waals surface area contributed by atoms with E-state index in [1.165, 1.54) is 5.56 Å². The van der Waals surface area contributed by atoms with Gasteiger partial charge < -0.3 is 19.9 Å². The van der Waals surface area contributed by atoms with Crippen LogP contribution in [-0.2, 0) is 17.9 Å². The van der Waals surface area contributed by atoms with Crippen LogP contribution in [0.5, 0.6) is 0 Å². The highest BCUT2D eigenvalue weighted by molar-refractivity contribution is 5.75. The largest absolute Gasteiger partial charge is 0.380 e. The first kappa shape index (κ1) is 18.4. The van der Waals surface area contributed by atoms with Gasteiger partial charge in [-0.1, -0.05) is 54.6 Å². The van der Waals surface area contributed by atoms with Crippen LogP contribution in [0.4, 0.5) is 4.79 Å². The first-order valence-corrected chi connectivity index (χ1v) is 9.02. The number of likely N-dealkylation sites (N-methyl/N-ethyl adjacent to an activating group) is 1. The number of hydrogen-bond donors (Lipinski definition) is 1. The van der Waals surface area contributed by atoms with Gasteiger partial charge in [-0.15, -0.1) is 0 Å². The average Bonchev–Trinajstić information content (AvgIpc) is 2.68. The Labute approximate surface area is 155 Å². The third-order valence-corrected chi connectivity index (χ3v) is 4.88. The van der Waals surface area contributed by atoms with Crippen molar-refractivity contribution in [3.63, 3.8) is 0 Å². The molecular weight excluding hydrogens is 326 g/mol. The number of piperazine rings is 1. The van der Waals surface area contributed by atoms with Gasteiger partial charge in [0.05, 0.1) is 12.6 Å². The number of urea groups is 1. The van der Waals surface area contributed by atoms with Gasteiger partial charge >= 0.3 is 6.03 Å².